The minimum Gasteiger partial charge on any atom is -0.497 e. The number of rotatable bonds is 8. The minimum atomic E-state index is -3.86. The van der Waals surface area contributed by atoms with Crippen molar-refractivity contribution in [1.29, 1.82) is 0 Å². The van der Waals surface area contributed by atoms with E-state index in [1.807, 2.05) is 0 Å². The van der Waals surface area contributed by atoms with Crippen molar-refractivity contribution in [1.82, 2.24) is 4.90 Å². The lowest BCUT2D eigenvalue weighted by Gasteiger charge is -2.28. The number of imide groups is 1. The average molecular weight is 526 g/mol. The first kappa shape index (κ1) is 26.0. The summed E-state index contributed by atoms with van der Waals surface area (Å²) in [4.78, 5) is 42.0. The third-order valence-corrected chi connectivity index (χ3v) is 6.98. The number of halogens is 1. The van der Waals surface area contributed by atoms with Gasteiger partial charge in [0.15, 0.2) is 0 Å². The molecule has 37 heavy (non-hydrogen) atoms. The van der Waals surface area contributed by atoms with E-state index >= 15 is 0 Å². The number of methoxy groups -OCH3 is 1. The van der Waals surface area contributed by atoms with Crippen molar-refractivity contribution in [2.24, 2.45) is 5.14 Å². The minimum absolute atomic E-state index is 0.0490. The van der Waals surface area contributed by atoms with Gasteiger partial charge < -0.3 is 9.64 Å². The second-order valence-electron chi connectivity index (χ2n) is 8.43. The van der Waals surface area contributed by atoms with Crippen LogP contribution in [0.15, 0.2) is 77.7 Å². The van der Waals surface area contributed by atoms with Crippen LogP contribution in [0.2, 0.25) is 0 Å². The quantitative estimate of drug-likeness (QED) is 0.450. The number of amides is 3. The first-order valence-corrected chi connectivity index (χ1v) is 12.8. The lowest BCUT2D eigenvalue weighted by Crippen LogP contribution is -2.46. The van der Waals surface area contributed by atoms with Gasteiger partial charge in [-0.25, -0.2) is 22.8 Å². The fourth-order valence-corrected chi connectivity index (χ4v) is 4.65. The van der Waals surface area contributed by atoms with E-state index in [9.17, 15) is 27.2 Å². The first-order valence-electron chi connectivity index (χ1n) is 11.3. The Kier molecular flexibility index (Phi) is 7.37. The molecule has 1 unspecified atom stereocenters. The number of anilines is 1. The van der Waals surface area contributed by atoms with Gasteiger partial charge in [0, 0.05) is 12.1 Å². The molecule has 1 heterocycles. The van der Waals surface area contributed by atoms with E-state index in [1.54, 1.807) is 30.3 Å². The molecule has 1 aliphatic rings. The average Bonchev–Trinajstić information content (AvgIpc) is 3.17. The maximum absolute atomic E-state index is 13.6. The molecule has 2 N–H and O–H groups in total. The van der Waals surface area contributed by atoms with Crippen molar-refractivity contribution in [2.45, 2.75) is 23.8 Å². The van der Waals surface area contributed by atoms with Gasteiger partial charge in [-0.15, -0.1) is 0 Å². The molecule has 192 valence electrons. The lowest BCUT2D eigenvalue weighted by atomic mass is 10.1. The predicted octanol–water partition coefficient (Wildman–Crippen LogP) is 2.50. The van der Waals surface area contributed by atoms with Crippen LogP contribution in [0.3, 0.4) is 0 Å². The predicted molar refractivity (Wildman–Crippen MR) is 133 cm³/mol. The fourth-order valence-electron chi connectivity index (χ4n) is 4.14. The Morgan fingerprint density at radius 3 is 2.38 bits per heavy atom. The van der Waals surface area contributed by atoms with Crippen molar-refractivity contribution in [3.8, 4) is 5.75 Å². The molecule has 0 aliphatic carbocycles. The topological polar surface area (TPSA) is 127 Å². The van der Waals surface area contributed by atoms with Gasteiger partial charge in [-0.3, -0.25) is 14.4 Å². The molecule has 0 aromatic heterocycles. The van der Waals surface area contributed by atoms with Crippen LogP contribution in [0.5, 0.6) is 5.75 Å². The van der Waals surface area contributed by atoms with Gasteiger partial charge in [-0.05, 0) is 66.6 Å². The molecule has 3 amide bonds. The number of carbonyl (C=O) groups excluding carboxylic acids is 3. The summed E-state index contributed by atoms with van der Waals surface area (Å²) in [6, 6.07) is 16.2. The number of nitrogens with two attached hydrogens (primary N) is 1. The molecule has 9 nitrogen and oxygen atoms in total. The molecule has 1 atom stereocenters. The molecule has 1 fully saturated rings. The maximum Gasteiger partial charge on any atom is 0.257 e. The molecule has 3 aromatic rings. The number of hydrogen-bond acceptors (Lipinski definition) is 6. The maximum atomic E-state index is 13.6. The van der Waals surface area contributed by atoms with Crippen LogP contribution >= 0.6 is 0 Å². The Morgan fingerprint density at radius 2 is 1.76 bits per heavy atom. The zero-order valence-electron chi connectivity index (χ0n) is 19.8. The fraction of sp³-hybridized carbons (Fsp3) is 0.192. The smallest absolute Gasteiger partial charge is 0.257 e. The van der Waals surface area contributed by atoms with E-state index in [1.165, 1.54) is 42.3 Å². The van der Waals surface area contributed by atoms with Crippen molar-refractivity contribution < 1.29 is 31.9 Å². The summed E-state index contributed by atoms with van der Waals surface area (Å²) in [5.74, 6) is -1.65. The van der Waals surface area contributed by atoms with E-state index in [4.69, 9.17) is 9.88 Å². The number of sulfonamides is 1. The summed E-state index contributed by atoms with van der Waals surface area (Å²) in [6.07, 6.45) is 0.0331. The molecular formula is C26H24FN3O6S. The van der Waals surface area contributed by atoms with Crippen LogP contribution in [0.4, 0.5) is 10.1 Å². The van der Waals surface area contributed by atoms with Crippen molar-refractivity contribution in [3.63, 3.8) is 0 Å². The molecule has 0 bridgehead atoms. The normalized spacial score (nSPS) is 15.6. The summed E-state index contributed by atoms with van der Waals surface area (Å²) in [7, 11) is -2.39. The molecular weight excluding hydrogens is 501 g/mol. The highest BCUT2D eigenvalue weighted by molar-refractivity contribution is 7.89. The monoisotopic (exact) mass is 525 g/mol. The van der Waals surface area contributed by atoms with Crippen molar-refractivity contribution in [3.05, 3.63) is 89.7 Å². The Morgan fingerprint density at radius 1 is 1.08 bits per heavy atom. The number of carbonyl (C=O) groups is 3. The number of ether oxygens (including phenoxy) is 1. The highest BCUT2D eigenvalue weighted by Crippen LogP contribution is 2.28. The molecule has 11 heteroatoms. The SMILES string of the molecule is COc1cccc(C(=O)N(CCc2ccc(S(N)(=O)=O)cc2)C2CC(=O)N(c3ccc(F)cc3)C2=O)c1. The summed E-state index contributed by atoms with van der Waals surface area (Å²) in [6.45, 7) is 0.0612. The molecule has 1 aliphatic heterocycles. The molecule has 1 saturated heterocycles. The van der Waals surface area contributed by atoms with E-state index in [2.05, 4.69) is 0 Å². The molecule has 3 aromatic carbocycles. The zero-order valence-corrected chi connectivity index (χ0v) is 20.7. The van der Waals surface area contributed by atoms with Gasteiger partial charge in [0.1, 0.15) is 17.6 Å². The standard InChI is InChI=1S/C26H24FN3O6S/c1-36-21-4-2-3-18(15-21)25(32)29(14-13-17-5-11-22(12-6-17)37(28,34)35)23-16-24(31)30(26(23)33)20-9-7-19(27)8-10-20/h2-12,15,23H,13-14,16H2,1H3,(H2,28,34,35). The van der Waals surface area contributed by atoms with E-state index in [0.29, 0.717) is 11.3 Å². The Bertz CT molecular complexity index is 1440. The summed E-state index contributed by atoms with van der Waals surface area (Å²) >= 11 is 0. The highest BCUT2D eigenvalue weighted by Gasteiger charge is 2.44. The molecule has 0 saturated carbocycles. The summed E-state index contributed by atoms with van der Waals surface area (Å²) in [5, 5.41) is 5.15. The van der Waals surface area contributed by atoms with Crippen LogP contribution in [0.25, 0.3) is 0 Å². The summed E-state index contributed by atoms with van der Waals surface area (Å²) < 4.78 is 41.7. The number of primary sulfonamides is 1. The van der Waals surface area contributed by atoms with Crippen LogP contribution in [0.1, 0.15) is 22.3 Å². The lowest BCUT2D eigenvalue weighted by molar-refractivity contribution is -0.122. The number of nitrogens with zero attached hydrogens (tertiary/aromatic N) is 2. The molecule has 4 rings (SSSR count). The highest BCUT2D eigenvalue weighted by atomic mass is 32.2. The number of benzene rings is 3. The van der Waals surface area contributed by atoms with Crippen LogP contribution in [-0.4, -0.2) is 50.7 Å². The van der Waals surface area contributed by atoms with Crippen LogP contribution in [-0.2, 0) is 26.0 Å². The first-order chi connectivity index (χ1) is 17.6. The van der Waals surface area contributed by atoms with Gasteiger partial charge in [-0.2, -0.15) is 0 Å². The molecule has 0 radical (unpaired) electrons. The number of hydrogen-bond donors (Lipinski definition) is 1. The second-order valence-corrected chi connectivity index (χ2v) is 9.99. The van der Waals surface area contributed by atoms with Gasteiger partial charge in [0.2, 0.25) is 15.9 Å². The van der Waals surface area contributed by atoms with Crippen molar-refractivity contribution >= 4 is 33.4 Å². The van der Waals surface area contributed by atoms with E-state index in [0.717, 1.165) is 17.0 Å². The van der Waals surface area contributed by atoms with Gasteiger partial charge in [0.25, 0.3) is 11.8 Å². The molecule has 0 spiro atoms. The van der Waals surface area contributed by atoms with Gasteiger partial charge in [0.05, 0.1) is 24.1 Å². The van der Waals surface area contributed by atoms with Crippen molar-refractivity contribution in [2.75, 3.05) is 18.6 Å². The van der Waals surface area contributed by atoms with E-state index < -0.39 is 39.6 Å². The summed E-state index contributed by atoms with van der Waals surface area (Å²) in [5.41, 5.74) is 1.18. The largest absolute Gasteiger partial charge is 0.497 e. The third-order valence-electron chi connectivity index (χ3n) is 6.05. The van der Waals surface area contributed by atoms with E-state index in [-0.39, 0.29) is 35.5 Å². The Balaban J connectivity index is 1.63. The zero-order chi connectivity index (χ0) is 26.7. The second kappa shape index (κ2) is 10.5. The Labute approximate surface area is 213 Å². The third kappa shape index (κ3) is 5.68. The Hall–Kier alpha value is -4.09. The van der Waals surface area contributed by atoms with Gasteiger partial charge in [-0.1, -0.05) is 18.2 Å². The van der Waals surface area contributed by atoms with Gasteiger partial charge >= 0.3 is 0 Å². The van der Waals surface area contributed by atoms with Crippen LogP contribution < -0.4 is 14.8 Å². The van der Waals surface area contributed by atoms with Crippen LogP contribution in [0, 0.1) is 5.82 Å².